The molecule has 0 amide bonds. The first-order chi connectivity index (χ1) is 8.66. The number of anilines is 1. The molecule has 0 bridgehead atoms. The minimum atomic E-state index is -0.515. The molecular formula is C15H18N2O. The Morgan fingerprint density at radius 2 is 1.89 bits per heavy atom. The summed E-state index contributed by atoms with van der Waals surface area (Å²) in [4.78, 5) is 6.38. The van der Waals surface area contributed by atoms with Crippen LogP contribution in [0.15, 0.2) is 48.7 Å². The predicted octanol–water partition coefficient (Wildman–Crippen LogP) is 2.77. The van der Waals surface area contributed by atoms with Crippen LogP contribution in [0.25, 0.3) is 0 Å². The number of hydrogen-bond donors (Lipinski definition) is 1. The van der Waals surface area contributed by atoms with Crippen LogP contribution in [-0.4, -0.2) is 17.1 Å². The van der Waals surface area contributed by atoms with Gasteiger partial charge in [-0.15, -0.1) is 0 Å². The van der Waals surface area contributed by atoms with Crippen molar-refractivity contribution < 1.29 is 5.11 Å². The Kier molecular flexibility index (Phi) is 3.95. The Bertz CT molecular complexity index is 480. The Hall–Kier alpha value is -1.87. The van der Waals surface area contributed by atoms with Gasteiger partial charge < -0.3 is 10.0 Å². The molecule has 3 nitrogen and oxygen atoms in total. The number of benzene rings is 1. The van der Waals surface area contributed by atoms with Gasteiger partial charge in [0.05, 0.1) is 23.7 Å². The summed E-state index contributed by atoms with van der Waals surface area (Å²) in [5.41, 5.74) is 3.01. The third kappa shape index (κ3) is 3.08. The van der Waals surface area contributed by atoms with E-state index in [-0.39, 0.29) is 0 Å². The second-order valence-corrected chi connectivity index (χ2v) is 4.46. The highest BCUT2D eigenvalue weighted by molar-refractivity contribution is 5.44. The minimum absolute atomic E-state index is 0.515. The molecule has 1 atom stereocenters. The standard InChI is InChI=1S/C15H18N2O/c1-12(18)15-9-8-14(10-16-15)17(2)11-13-6-4-3-5-7-13/h3-10,12,18H,11H2,1-2H3/t12-/m0/s1. The van der Waals surface area contributed by atoms with Crippen LogP contribution in [0, 0.1) is 0 Å². The second kappa shape index (κ2) is 5.65. The van der Waals surface area contributed by atoms with Gasteiger partial charge in [0.2, 0.25) is 0 Å². The molecule has 18 heavy (non-hydrogen) atoms. The van der Waals surface area contributed by atoms with Crippen LogP contribution >= 0.6 is 0 Å². The van der Waals surface area contributed by atoms with E-state index in [0.717, 1.165) is 12.2 Å². The maximum absolute atomic E-state index is 9.41. The molecule has 3 heteroatoms. The van der Waals surface area contributed by atoms with E-state index < -0.39 is 6.10 Å². The molecule has 2 aromatic rings. The summed E-state index contributed by atoms with van der Waals surface area (Å²) >= 11 is 0. The number of hydrogen-bond acceptors (Lipinski definition) is 3. The van der Waals surface area contributed by atoms with Gasteiger partial charge in [-0.1, -0.05) is 30.3 Å². The first-order valence-electron chi connectivity index (χ1n) is 6.06. The van der Waals surface area contributed by atoms with Gasteiger partial charge in [0.1, 0.15) is 0 Å². The molecule has 1 heterocycles. The molecule has 2 rings (SSSR count). The monoisotopic (exact) mass is 242 g/mol. The Balaban J connectivity index is 2.07. The lowest BCUT2D eigenvalue weighted by molar-refractivity contribution is 0.194. The van der Waals surface area contributed by atoms with Crippen LogP contribution in [-0.2, 0) is 6.54 Å². The van der Waals surface area contributed by atoms with Gasteiger partial charge in [-0.2, -0.15) is 0 Å². The van der Waals surface area contributed by atoms with Crippen LogP contribution in [0.1, 0.15) is 24.3 Å². The van der Waals surface area contributed by atoms with E-state index in [4.69, 9.17) is 0 Å². The molecule has 0 spiro atoms. The maximum Gasteiger partial charge on any atom is 0.0931 e. The van der Waals surface area contributed by atoms with E-state index in [1.165, 1.54) is 5.56 Å². The van der Waals surface area contributed by atoms with Gasteiger partial charge in [0.25, 0.3) is 0 Å². The SMILES string of the molecule is C[C@H](O)c1ccc(N(C)Cc2ccccc2)cn1. The average molecular weight is 242 g/mol. The quantitative estimate of drug-likeness (QED) is 0.895. The fourth-order valence-corrected chi connectivity index (χ4v) is 1.82. The van der Waals surface area contributed by atoms with Crippen LogP contribution in [0.5, 0.6) is 0 Å². The zero-order valence-electron chi connectivity index (χ0n) is 10.7. The van der Waals surface area contributed by atoms with Gasteiger partial charge in [0.15, 0.2) is 0 Å². The molecular weight excluding hydrogens is 224 g/mol. The fourth-order valence-electron chi connectivity index (χ4n) is 1.82. The predicted molar refractivity (Wildman–Crippen MR) is 73.4 cm³/mol. The topological polar surface area (TPSA) is 36.4 Å². The smallest absolute Gasteiger partial charge is 0.0931 e. The molecule has 1 N–H and O–H groups in total. The summed E-state index contributed by atoms with van der Waals surface area (Å²) in [7, 11) is 2.03. The van der Waals surface area contributed by atoms with Gasteiger partial charge >= 0.3 is 0 Å². The molecule has 0 aliphatic heterocycles. The van der Waals surface area contributed by atoms with Crippen molar-refractivity contribution in [1.29, 1.82) is 0 Å². The highest BCUT2D eigenvalue weighted by atomic mass is 16.3. The van der Waals surface area contributed by atoms with E-state index in [9.17, 15) is 5.11 Å². The van der Waals surface area contributed by atoms with E-state index in [0.29, 0.717) is 5.69 Å². The number of pyridine rings is 1. The highest BCUT2D eigenvalue weighted by Gasteiger charge is 2.05. The van der Waals surface area contributed by atoms with E-state index in [2.05, 4.69) is 22.0 Å². The number of aliphatic hydroxyl groups excluding tert-OH is 1. The van der Waals surface area contributed by atoms with Crippen molar-refractivity contribution in [2.24, 2.45) is 0 Å². The van der Waals surface area contributed by atoms with Crippen LogP contribution in [0.4, 0.5) is 5.69 Å². The van der Waals surface area contributed by atoms with E-state index in [1.807, 2.05) is 37.4 Å². The summed E-state index contributed by atoms with van der Waals surface area (Å²) in [6, 6.07) is 14.2. The lowest BCUT2D eigenvalue weighted by Gasteiger charge is -2.19. The summed E-state index contributed by atoms with van der Waals surface area (Å²) in [6.45, 7) is 2.56. The molecule has 0 saturated heterocycles. The maximum atomic E-state index is 9.41. The Labute approximate surface area is 108 Å². The normalized spacial score (nSPS) is 12.2. The lowest BCUT2D eigenvalue weighted by atomic mass is 10.2. The first kappa shape index (κ1) is 12.6. The number of rotatable bonds is 4. The van der Waals surface area contributed by atoms with Crippen molar-refractivity contribution in [3.05, 3.63) is 59.9 Å². The van der Waals surface area contributed by atoms with Crippen LogP contribution in [0.3, 0.4) is 0 Å². The summed E-state index contributed by atoms with van der Waals surface area (Å²) in [5, 5.41) is 9.41. The number of nitrogens with zero attached hydrogens (tertiary/aromatic N) is 2. The molecule has 1 aromatic heterocycles. The van der Waals surface area contributed by atoms with Gasteiger partial charge in [-0.05, 0) is 24.6 Å². The molecule has 0 aliphatic rings. The molecule has 94 valence electrons. The molecule has 0 aliphatic carbocycles. The number of aliphatic hydroxyl groups is 1. The third-order valence-corrected chi connectivity index (χ3v) is 2.90. The zero-order valence-corrected chi connectivity index (χ0v) is 10.7. The van der Waals surface area contributed by atoms with Gasteiger partial charge in [-0.25, -0.2) is 0 Å². The van der Waals surface area contributed by atoms with Crippen molar-refractivity contribution in [1.82, 2.24) is 4.98 Å². The number of aromatic nitrogens is 1. The third-order valence-electron chi connectivity index (χ3n) is 2.90. The molecule has 0 saturated carbocycles. The van der Waals surface area contributed by atoms with E-state index >= 15 is 0 Å². The van der Waals surface area contributed by atoms with Crippen LogP contribution in [0.2, 0.25) is 0 Å². The Morgan fingerprint density at radius 1 is 1.17 bits per heavy atom. The molecule has 0 radical (unpaired) electrons. The lowest BCUT2D eigenvalue weighted by Crippen LogP contribution is -2.16. The van der Waals surface area contributed by atoms with Crippen molar-refractivity contribution in [2.45, 2.75) is 19.6 Å². The van der Waals surface area contributed by atoms with Gasteiger partial charge in [-0.3, -0.25) is 4.98 Å². The zero-order chi connectivity index (χ0) is 13.0. The second-order valence-electron chi connectivity index (χ2n) is 4.46. The van der Waals surface area contributed by atoms with Crippen molar-refractivity contribution in [3.8, 4) is 0 Å². The summed E-state index contributed by atoms with van der Waals surface area (Å²) in [5.74, 6) is 0. The molecule has 0 fully saturated rings. The average Bonchev–Trinajstić information content (AvgIpc) is 2.40. The van der Waals surface area contributed by atoms with Crippen molar-refractivity contribution in [3.63, 3.8) is 0 Å². The first-order valence-corrected chi connectivity index (χ1v) is 6.06. The van der Waals surface area contributed by atoms with Gasteiger partial charge in [0, 0.05) is 13.6 Å². The fraction of sp³-hybridized carbons (Fsp3) is 0.267. The van der Waals surface area contributed by atoms with Crippen molar-refractivity contribution >= 4 is 5.69 Å². The van der Waals surface area contributed by atoms with Crippen LogP contribution < -0.4 is 4.90 Å². The largest absolute Gasteiger partial charge is 0.387 e. The van der Waals surface area contributed by atoms with Crippen molar-refractivity contribution in [2.75, 3.05) is 11.9 Å². The summed E-state index contributed by atoms with van der Waals surface area (Å²) < 4.78 is 0. The highest BCUT2D eigenvalue weighted by Crippen LogP contribution is 2.17. The summed E-state index contributed by atoms with van der Waals surface area (Å²) in [6.07, 6.45) is 1.28. The van der Waals surface area contributed by atoms with E-state index in [1.54, 1.807) is 13.1 Å². The Morgan fingerprint density at radius 3 is 2.44 bits per heavy atom. The molecule has 1 aromatic carbocycles. The molecule has 0 unspecified atom stereocenters. The minimum Gasteiger partial charge on any atom is -0.387 e.